The smallest absolute Gasteiger partial charge is 0.335 e. The zero-order valence-corrected chi connectivity index (χ0v) is 25.2. The molecule has 1 fully saturated rings. The number of ether oxygens (including phenoxy) is 1. The number of amides is 1. The quantitative estimate of drug-likeness (QED) is 0.297. The molecule has 3 aromatic carbocycles. The van der Waals surface area contributed by atoms with Crippen molar-refractivity contribution in [1.29, 1.82) is 0 Å². The van der Waals surface area contributed by atoms with Crippen LogP contribution in [0.1, 0.15) is 57.4 Å². The monoisotopic (exact) mass is 584 g/mol. The fourth-order valence-corrected chi connectivity index (χ4v) is 6.14. The highest BCUT2D eigenvalue weighted by molar-refractivity contribution is 6.33. The molecular formula is C35H37ClN2O4. The van der Waals surface area contributed by atoms with Crippen molar-refractivity contribution in [2.75, 3.05) is 33.7 Å². The third-order valence-corrected chi connectivity index (χ3v) is 8.30. The second kappa shape index (κ2) is 13.0. The predicted molar refractivity (Wildman–Crippen MR) is 168 cm³/mol. The van der Waals surface area contributed by atoms with Crippen molar-refractivity contribution in [2.45, 2.75) is 38.7 Å². The molecule has 1 amide bonds. The van der Waals surface area contributed by atoms with E-state index >= 15 is 0 Å². The summed E-state index contributed by atoms with van der Waals surface area (Å²) in [5, 5.41) is 10.3. The summed E-state index contributed by atoms with van der Waals surface area (Å²) in [5.74, 6) is -0.113. The number of carbonyl (C=O) groups excluding carboxylic acids is 1. The number of rotatable bonds is 8. The summed E-state index contributed by atoms with van der Waals surface area (Å²) in [6.45, 7) is 4.49. The molecule has 6 nitrogen and oxygen atoms in total. The van der Waals surface area contributed by atoms with E-state index in [-0.39, 0.29) is 12.0 Å². The Morgan fingerprint density at radius 1 is 1.05 bits per heavy atom. The Balaban J connectivity index is 1.41. The Morgan fingerprint density at radius 2 is 1.81 bits per heavy atom. The highest BCUT2D eigenvalue weighted by atomic mass is 35.5. The summed E-state index contributed by atoms with van der Waals surface area (Å²) in [6, 6.07) is 19.8. The van der Waals surface area contributed by atoms with Gasteiger partial charge in [0.2, 0.25) is 5.91 Å². The van der Waals surface area contributed by atoms with Crippen molar-refractivity contribution < 1.29 is 19.4 Å². The van der Waals surface area contributed by atoms with Gasteiger partial charge < -0.3 is 14.7 Å². The lowest BCUT2D eigenvalue weighted by atomic mass is 9.87. The van der Waals surface area contributed by atoms with Gasteiger partial charge in [0.1, 0.15) is 11.9 Å². The van der Waals surface area contributed by atoms with Crippen molar-refractivity contribution in [2.24, 2.45) is 0 Å². The topological polar surface area (TPSA) is 70.1 Å². The van der Waals surface area contributed by atoms with E-state index in [2.05, 4.69) is 29.2 Å². The highest BCUT2D eigenvalue weighted by Crippen LogP contribution is 2.42. The van der Waals surface area contributed by atoms with E-state index in [0.717, 1.165) is 89.5 Å². The van der Waals surface area contributed by atoms with Crippen molar-refractivity contribution in [3.05, 3.63) is 111 Å². The molecule has 0 bridgehead atoms. The number of fused-ring (bicyclic) bond motifs is 1. The lowest BCUT2D eigenvalue weighted by molar-refractivity contribution is -0.123. The molecule has 1 aliphatic heterocycles. The first-order valence-electron chi connectivity index (χ1n) is 14.4. The van der Waals surface area contributed by atoms with Gasteiger partial charge >= 0.3 is 5.97 Å². The Morgan fingerprint density at radius 3 is 2.52 bits per heavy atom. The summed E-state index contributed by atoms with van der Waals surface area (Å²) >= 11 is 6.80. The van der Waals surface area contributed by atoms with Crippen LogP contribution < -0.4 is 4.74 Å². The van der Waals surface area contributed by atoms with Crippen molar-refractivity contribution in [3.63, 3.8) is 0 Å². The average Bonchev–Trinajstić information content (AvgIpc) is 3.31. The number of likely N-dealkylation sites (tertiary alicyclic amines) is 1. The number of allylic oxidation sites excluding steroid dienone is 1. The number of carbonyl (C=O) groups is 2. The van der Waals surface area contributed by atoms with Gasteiger partial charge in [-0.1, -0.05) is 48.0 Å². The van der Waals surface area contributed by atoms with Crippen LogP contribution >= 0.6 is 11.6 Å². The summed E-state index contributed by atoms with van der Waals surface area (Å²) in [7, 11) is 3.49. The molecule has 0 unspecified atom stereocenters. The van der Waals surface area contributed by atoms with E-state index in [0.29, 0.717) is 5.56 Å². The van der Waals surface area contributed by atoms with Crippen LogP contribution in [0.2, 0.25) is 5.02 Å². The molecule has 1 heterocycles. The number of aryl methyl sites for hydroxylation is 2. The second-order valence-corrected chi connectivity index (χ2v) is 11.7. The van der Waals surface area contributed by atoms with Gasteiger partial charge in [-0.3, -0.25) is 9.69 Å². The number of likely N-dealkylation sites (N-methyl/N-ethyl adjacent to an activating group) is 1. The van der Waals surface area contributed by atoms with E-state index < -0.39 is 5.97 Å². The largest absolute Gasteiger partial charge is 0.489 e. The molecule has 2 aliphatic rings. The molecule has 0 saturated carbocycles. The number of carboxylic acid groups (broad SMARTS) is 1. The van der Waals surface area contributed by atoms with Crippen LogP contribution in [0, 0.1) is 6.92 Å². The van der Waals surface area contributed by atoms with E-state index in [4.69, 9.17) is 16.3 Å². The molecule has 1 saturated heterocycles. The van der Waals surface area contributed by atoms with Gasteiger partial charge in [-0.2, -0.15) is 0 Å². The number of aromatic carboxylic acids is 1. The molecule has 3 aromatic rings. The molecule has 5 rings (SSSR count). The Hall–Kier alpha value is -3.87. The summed E-state index contributed by atoms with van der Waals surface area (Å²) in [5.41, 5.74) is 7.81. The lowest BCUT2D eigenvalue weighted by Crippen LogP contribution is -2.25. The van der Waals surface area contributed by atoms with Crippen molar-refractivity contribution in [1.82, 2.24) is 9.80 Å². The predicted octanol–water partition coefficient (Wildman–Crippen LogP) is 6.74. The molecular weight excluding hydrogens is 548 g/mol. The Labute approximate surface area is 252 Å². The van der Waals surface area contributed by atoms with Gasteiger partial charge in [0, 0.05) is 44.8 Å². The molecule has 0 aromatic heterocycles. The maximum absolute atomic E-state index is 11.8. The molecule has 0 spiro atoms. The number of hydrogen-bond donors (Lipinski definition) is 1. The number of carboxylic acids is 1. The van der Waals surface area contributed by atoms with Gasteiger partial charge in [0.25, 0.3) is 0 Å². The molecule has 1 aliphatic carbocycles. The summed E-state index contributed by atoms with van der Waals surface area (Å²) in [4.78, 5) is 27.4. The third-order valence-electron chi connectivity index (χ3n) is 7.99. The van der Waals surface area contributed by atoms with E-state index in [1.54, 1.807) is 31.1 Å². The molecule has 7 heteroatoms. The van der Waals surface area contributed by atoms with E-state index in [1.165, 1.54) is 5.57 Å². The minimum absolute atomic E-state index is 0.0105. The molecule has 1 N–H and O–H groups in total. The van der Waals surface area contributed by atoms with Crippen LogP contribution in [0.15, 0.2) is 72.8 Å². The second-order valence-electron chi connectivity index (χ2n) is 11.3. The number of nitrogens with zero attached hydrogens (tertiary/aromatic N) is 2. The zero-order valence-electron chi connectivity index (χ0n) is 24.4. The Kier molecular flexibility index (Phi) is 9.15. The van der Waals surface area contributed by atoms with Crippen LogP contribution in [0.4, 0.5) is 0 Å². The SMILES string of the molecule is Cc1ccc(C2=C(c3ccc(O[C@H]4CCN(CC=CC(=O)N(C)C)C4)cc3)c3ccc(C(=O)O)cc3CCC2)c(Cl)c1. The normalized spacial score (nSPS) is 17.3. The fourth-order valence-electron chi connectivity index (χ4n) is 5.79. The molecule has 218 valence electrons. The molecule has 42 heavy (non-hydrogen) atoms. The van der Waals surface area contributed by atoms with Gasteiger partial charge in [-0.25, -0.2) is 4.79 Å². The number of halogens is 1. The number of hydrogen-bond acceptors (Lipinski definition) is 4. The first-order chi connectivity index (χ1) is 20.2. The summed E-state index contributed by atoms with van der Waals surface area (Å²) < 4.78 is 6.35. The van der Waals surface area contributed by atoms with Gasteiger partial charge in [-0.05, 0) is 102 Å². The van der Waals surface area contributed by atoms with Crippen molar-refractivity contribution >= 4 is 34.6 Å². The Bertz CT molecular complexity index is 1540. The van der Waals surface area contributed by atoms with Crippen LogP contribution in [0.3, 0.4) is 0 Å². The van der Waals surface area contributed by atoms with Crippen molar-refractivity contribution in [3.8, 4) is 5.75 Å². The third kappa shape index (κ3) is 6.77. The fraction of sp³-hybridized carbons (Fsp3) is 0.314. The summed E-state index contributed by atoms with van der Waals surface area (Å²) in [6.07, 6.45) is 7.07. The van der Waals surface area contributed by atoms with Crippen LogP contribution in [0.5, 0.6) is 5.75 Å². The highest BCUT2D eigenvalue weighted by Gasteiger charge is 2.25. The van der Waals surface area contributed by atoms with Gasteiger partial charge in [-0.15, -0.1) is 0 Å². The van der Waals surface area contributed by atoms with Gasteiger partial charge in [0.15, 0.2) is 0 Å². The van der Waals surface area contributed by atoms with Crippen LogP contribution in [-0.4, -0.2) is 66.6 Å². The average molecular weight is 585 g/mol. The minimum Gasteiger partial charge on any atom is -0.489 e. The first kappa shape index (κ1) is 29.6. The van der Waals surface area contributed by atoms with Crippen LogP contribution in [-0.2, 0) is 11.2 Å². The number of benzene rings is 3. The lowest BCUT2D eigenvalue weighted by Gasteiger charge is -2.19. The minimum atomic E-state index is -0.917. The van der Waals surface area contributed by atoms with Crippen LogP contribution in [0.25, 0.3) is 11.1 Å². The standard InChI is InChI=1S/C35H37ClN2O4/c1-23-9-15-30(32(36)20-23)31-7-4-6-25-21-26(35(40)41)12-16-29(25)34(31)24-10-13-27(14-11-24)42-28-17-19-38(22-28)18-5-8-33(39)37(2)3/h5,8-16,20-21,28H,4,6-7,17-19,22H2,1-3H3,(H,40,41)/t28-/m0/s1. The van der Waals surface area contributed by atoms with Gasteiger partial charge in [0.05, 0.1) is 5.56 Å². The van der Waals surface area contributed by atoms with E-state index in [9.17, 15) is 14.7 Å². The molecule has 0 radical (unpaired) electrons. The maximum Gasteiger partial charge on any atom is 0.335 e. The van der Waals surface area contributed by atoms with E-state index in [1.807, 2.05) is 43.3 Å². The molecule has 1 atom stereocenters. The maximum atomic E-state index is 11.8. The zero-order chi connectivity index (χ0) is 29.8. The first-order valence-corrected chi connectivity index (χ1v) is 14.8.